The Bertz CT molecular complexity index is 1240. The van der Waals surface area contributed by atoms with Gasteiger partial charge in [0.2, 0.25) is 5.91 Å². The Morgan fingerprint density at radius 2 is 1.71 bits per heavy atom. The largest absolute Gasteiger partial charge is 0.361 e. The van der Waals surface area contributed by atoms with Gasteiger partial charge in [0, 0.05) is 33.5 Å². The van der Waals surface area contributed by atoms with Crippen molar-refractivity contribution >= 4 is 45.9 Å². The molecule has 1 aromatic heterocycles. The highest BCUT2D eigenvalue weighted by atomic mass is 32.2. The molecule has 4 aromatic rings. The van der Waals surface area contributed by atoms with Crippen LogP contribution in [0.1, 0.15) is 17.3 Å². The molecule has 3 aromatic carbocycles. The van der Waals surface area contributed by atoms with Gasteiger partial charge in [0.15, 0.2) is 0 Å². The second-order valence-corrected chi connectivity index (χ2v) is 8.43. The summed E-state index contributed by atoms with van der Waals surface area (Å²) >= 11 is 1.39. The van der Waals surface area contributed by atoms with Gasteiger partial charge < -0.3 is 15.6 Å². The third-order valence-electron chi connectivity index (χ3n) is 4.70. The Kier molecular flexibility index (Phi) is 6.04. The van der Waals surface area contributed by atoms with Gasteiger partial charge in [-0.3, -0.25) is 9.59 Å². The molecule has 1 heterocycles. The molecule has 0 saturated carbocycles. The van der Waals surface area contributed by atoms with Crippen molar-refractivity contribution in [2.24, 2.45) is 0 Å². The topological polar surface area (TPSA) is 74.0 Å². The molecule has 0 fully saturated rings. The highest BCUT2D eigenvalue weighted by molar-refractivity contribution is 8.00. The molecule has 0 radical (unpaired) electrons. The molecule has 1 unspecified atom stereocenters. The van der Waals surface area contributed by atoms with E-state index in [0.29, 0.717) is 11.3 Å². The Morgan fingerprint density at radius 3 is 2.52 bits per heavy atom. The van der Waals surface area contributed by atoms with E-state index in [0.717, 1.165) is 21.5 Å². The molecule has 0 aliphatic heterocycles. The first-order valence-electron chi connectivity index (χ1n) is 9.69. The first-order chi connectivity index (χ1) is 15.0. The standard InChI is InChI=1S/C24H20FN3O2S/c1-15(23(29)27-20-10-7-16-11-12-26-22(16)14-20)31-21-4-2-3-19(13-21)28-24(30)17-5-8-18(25)9-6-17/h2-15,26H,1H3,(H,27,29)(H,28,30). The second kappa shape index (κ2) is 9.06. The van der Waals surface area contributed by atoms with Crippen molar-refractivity contribution in [3.63, 3.8) is 0 Å². The molecule has 156 valence electrons. The summed E-state index contributed by atoms with van der Waals surface area (Å²) in [6, 6.07) is 20.3. The van der Waals surface area contributed by atoms with Crippen LogP contribution in [0.2, 0.25) is 0 Å². The smallest absolute Gasteiger partial charge is 0.255 e. The third-order valence-corrected chi connectivity index (χ3v) is 5.80. The number of hydrogen-bond donors (Lipinski definition) is 3. The van der Waals surface area contributed by atoms with Gasteiger partial charge in [0.25, 0.3) is 5.91 Å². The lowest BCUT2D eigenvalue weighted by atomic mass is 10.2. The fraction of sp³-hybridized carbons (Fsp3) is 0.0833. The zero-order chi connectivity index (χ0) is 21.8. The first kappa shape index (κ1) is 20.7. The molecular weight excluding hydrogens is 413 g/mol. The zero-order valence-electron chi connectivity index (χ0n) is 16.7. The maximum absolute atomic E-state index is 13.0. The van der Waals surface area contributed by atoms with E-state index < -0.39 is 5.82 Å². The van der Waals surface area contributed by atoms with Crippen molar-refractivity contribution in [2.75, 3.05) is 10.6 Å². The lowest BCUT2D eigenvalue weighted by molar-refractivity contribution is -0.115. The number of rotatable bonds is 6. The molecule has 0 saturated heterocycles. The van der Waals surface area contributed by atoms with E-state index in [1.54, 1.807) is 12.1 Å². The van der Waals surface area contributed by atoms with E-state index in [1.165, 1.54) is 36.0 Å². The number of halogens is 1. The molecule has 31 heavy (non-hydrogen) atoms. The second-order valence-electron chi connectivity index (χ2n) is 7.02. The summed E-state index contributed by atoms with van der Waals surface area (Å²) in [6.45, 7) is 1.83. The van der Waals surface area contributed by atoms with E-state index in [4.69, 9.17) is 0 Å². The summed E-state index contributed by atoms with van der Waals surface area (Å²) in [7, 11) is 0. The number of carbonyl (C=O) groups excluding carboxylic acids is 2. The maximum Gasteiger partial charge on any atom is 0.255 e. The number of hydrogen-bond acceptors (Lipinski definition) is 3. The van der Waals surface area contributed by atoms with Crippen LogP contribution in [0.15, 0.2) is 83.9 Å². The van der Waals surface area contributed by atoms with Crippen LogP contribution in [0.4, 0.5) is 15.8 Å². The summed E-state index contributed by atoms with van der Waals surface area (Å²) < 4.78 is 13.0. The van der Waals surface area contributed by atoms with Gasteiger partial charge in [0.1, 0.15) is 5.82 Å². The number of thioether (sulfide) groups is 1. The lowest BCUT2D eigenvalue weighted by Crippen LogP contribution is -2.22. The van der Waals surface area contributed by atoms with Crippen LogP contribution in [0, 0.1) is 5.82 Å². The number of aromatic nitrogens is 1. The number of H-pyrrole nitrogens is 1. The van der Waals surface area contributed by atoms with Crippen molar-refractivity contribution in [1.29, 1.82) is 0 Å². The van der Waals surface area contributed by atoms with Gasteiger partial charge in [-0.2, -0.15) is 0 Å². The highest BCUT2D eigenvalue weighted by Gasteiger charge is 2.15. The SMILES string of the molecule is CC(Sc1cccc(NC(=O)c2ccc(F)cc2)c1)C(=O)Nc1ccc2cc[nH]c2c1. The number of carbonyl (C=O) groups is 2. The zero-order valence-corrected chi connectivity index (χ0v) is 17.5. The van der Waals surface area contributed by atoms with Gasteiger partial charge >= 0.3 is 0 Å². The average molecular weight is 434 g/mol. The van der Waals surface area contributed by atoms with Crippen molar-refractivity contribution in [2.45, 2.75) is 17.1 Å². The fourth-order valence-electron chi connectivity index (χ4n) is 3.08. The van der Waals surface area contributed by atoms with Crippen LogP contribution < -0.4 is 10.6 Å². The molecule has 0 aliphatic rings. The Labute approximate surface area is 183 Å². The molecule has 3 N–H and O–H groups in total. The monoisotopic (exact) mass is 433 g/mol. The van der Waals surface area contributed by atoms with Crippen LogP contribution >= 0.6 is 11.8 Å². The molecule has 7 heteroatoms. The van der Waals surface area contributed by atoms with Crippen LogP contribution in [0.3, 0.4) is 0 Å². The van der Waals surface area contributed by atoms with Gasteiger partial charge in [-0.15, -0.1) is 11.8 Å². The van der Waals surface area contributed by atoms with Crippen LogP contribution in [0.5, 0.6) is 0 Å². The number of aromatic amines is 1. The van der Waals surface area contributed by atoms with Crippen LogP contribution in [-0.4, -0.2) is 22.0 Å². The Hall–Kier alpha value is -3.58. The fourth-order valence-corrected chi connectivity index (χ4v) is 4.01. The Balaban J connectivity index is 1.38. The predicted octanol–water partition coefficient (Wildman–Crippen LogP) is 5.68. The summed E-state index contributed by atoms with van der Waals surface area (Å²) in [5.41, 5.74) is 2.66. The summed E-state index contributed by atoms with van der Waals surface area (Å²) in [6.07, 6.45) is 1.86. The van der Waals surface area contributed by atoms with E-state index in [9.17, 15) is 14.0 Å². The van der Waals surface area contributed by atoms with Gasteiger partial charge in [-0.05, 0) is 73.0 Å². The number of nitrogens with one attached hydrogen (secondary N) is 3. The van der Waals surface area contributed by atoms with E-state index in [1.807, 2.05) is 49.5 Å². The number of anilines is 2. The number of benzene rings is 3. The van der Waals surface area contributed by atoms with Crippen molar-refractivity contribution in [3.8, 4) is 0 Å². The summed E-state index contributed by atoms with van der Waals surface area (Å²) in [4.78, 5) is 28.9. The number of amides is 2. The molecule has 5 nitrogen and oxygen atoms in total. The van der Waals surface area contributed by atoms with Crippen molar-refractivity contribution in [1.82, 2.24) is 4.98 Å². The normalized spacial score (nSPS) is 11.8. The van der Waals surface area contributed by atoms with E-state index in [-0.39, 0.29) is 17.1 Å². The molecule has 0 bridgehead atoms. The molecule has 2 amide bonds. The number of fused-ring (bicyclic) bond motifs is 1. The van der Waals surface area contributed by atoms with Crippen LogP contribution in [0.25, 0.3) is 10.9 Å². The first-order valence-corrected chi connectivity index (χ1v) is 10.6. The Morgan fingerprint density at radius 1 is 0.935 bits per heavy atom. The maximum atomic E-state index is 13.0. The minimum atomic E-state index is -0.393. The van der Waals surface area contributed by atoms with Gasteiger partial charge in [-0.25, -0.2) is 4.39 Å². The molecule has 0 aliphatic carbocycles. The van der Waals surface area contributed by atoms with E-state index >= 15 is 0 Å². The minimum Gasteiger partial charge on any atom is -0.361 e. The van der Waals surface area contributed by atoms with E-state index in [2.05, 4.69) is 15.6 Å². The molecular formula is C24H20FN3O2S. The van der Waals surface area contributed by atoms with Crippen molar-refractivity contribution < 1.29 is 14.0 Å². The third kappa shape index (κ3) is 5.13. The molecule has 1 atom stereocenters. The molecule has 4 rings (SSSR count). The van der Waals surface area contributed by atoms with Gasteiger partial charge in [0.05, 0.1) is 5.25 Å². The lowest BCUT2D eigenvalue weighted by Gasteiger charge is -2.13. The highest BCUT2D eigenvalue weighted by Crippen LogP contribution is 2.27. The minimum absolute atomic E-state index is 0.114. The average Bonchev–Trinajstić information content (AvgIpc) is 3.22. The van der Waals surface area contributed by atoms with Crippen LogP contribution in [-0.2, 0) is 4.79 Å². The summed E-state index contributed by atoms with van der Waals surface area (Å²) in [5.74, 6) is -0.834. The molecule has 0 spiro atoms. The van der Waals surface area contributed by atoms with Gasteiger partial charge in [-0.1, -0.05) is 12.1 Å². The van der Waals surface area contributed by atoms with Crippen molar-refractivity contribution in [3.05, 3.63) is 90.4 Å². The predicted molar refractivity (Wildman–Crippen MR) is 123 cm³/mol. The quantitative estimate of drug-likeness (QED) is 0.343. The summed E-state index contributed by atoms with van der Waals surface area (Å²) in [5, 5.41) is 6.47.